The van der Waals surface area contributed by atoms with Crippen LogP contribution in [0, 0.1) is 19.8 Å². The van der Waals surface area contributed by atoms with Crippen molar-refractivity contribution in [2.45, 2.75) is 52.3 Å². The van der Waals surface area contributed by atoms with Crippen LogP contribution in [-0.4, -0.2) is 62.7 Å². The second-order valence-electron chi connectivity index (χ2n) is 9.95. The molecule has 0 unspecified atom stereocenters. The molecule has 0 spiro atoms. The Labute approximate surface area is 210 Å². The summed E-state index contributed by atoms with van der Waals surface area (Å²) in [6.07, 6.45) is -0.857. The Kier molecular flexibility index (Phi) is 6.11. The molecule has 0 saturated carbocycles. The number of halogens is 3. The number of likely N-dealkylation sites (N-methyl/N-ethyl adjacent to an activating group) is 1. The quantitative estimate of drug-likeness (QED) is 0.385. The normalized spacial score (nSPS) is 19.0. The number of alkyl halides is 3. The third-order valence-electron chi connectivity index (χ3n) is 7.35. The van der Waals surface area contributed by atoms with Gasteiger partial charge in [0.05, 0.1) is 26.7 Å². The van der Waals surface area contributed by atoms with Crippen molar-refractivity contribution in [3.63, 3.8) is 0 Å². The number of aromatic nitrogens is 4. The van der Waals surface area contributed by atoms with E-state index in [0.29, 0.717) is 11.4 Å². The molecule has 1 fully saturated rings. The molecule has 1 aliphatic rings. The maximum atomic E-state index is 13.3. The Morgan fingerprint density at radius 1 is 1.25 bits per heavy atom. The van der Waals surface area contributed by atoms with Gasteiger partial charge < -0.3 is 15.2 Å². The first-order valence-electron chi connectivity index (χ1n) is 12.0. The summed E-state index contributed by atoms with van der Waals surface area (Å²) in [5.41, 5.74) is 6.93. The summed E-state index contributed by atoms with van der Waals surface area (Å²) in [6.45, 7) is 8.56. The number of nitrogens with one attached hydrogen (secondary N) is 2. The second-order valence-corrected chi connectivity index (χ2v) is 11.0. The molecule has 2 N–H and O–H groups in total. The number of amides is 1. The molecule has 5 rings (SSSR count). The lowest BCUT2D eigenvalue weighted by Gasteiger charge is -2.36. The van der Waals surface area contributed by atoms with E-state index in [1.165, 1.54) is 22.6 Å². The molecule has 0 aliphatic carbocycles. The Morgan fingerprint density at radius 2 is 2.00 bits per heavy atom. The average molecular weight is 519 g/mol. The summed E-state index contributed by atoms with van der Waals surface area (Å²) < 4.78 is 42.6. The summed E-state index contributed by atoms with van der Waals surface area (Å²) >= 11 is 1.39. The highest BCUT2D eigenvalue weighted by Crippen LogP contribution is 2.42. The number of nitrogens with zero attached hydrogens (tertiary/aromatic N) is 4. The first-order chi connectivity index (χ1) is 17.0. The van der Waals surface area contributed by atoms with Crippen LogP contribution in [0.3, 0.4) is 0 Å². The molecule has 4 aromatic rings. The largest absolute Gasteiger partial charge is 0.393 e. The number of rotatable bonds is 4. The fourth-order valence-electron chi connectivity index (χ4n) is 5.13. The van der Waals surface area contributed by atoms with E-state index in [0.717, 1.165) is 43.8 Å². The number of aryl methyl sites for hydroxylation is 1. The first-order valence-corrected chi connectivity index (χ1v) is 12.8. The number of carbonyl (C=O) groups excluding carboxylic acids is 1. The molecule has 1 saturated heterocycles. The van der Waals surface area contributed by atoms with E-state index in [1.807, 2.05) is 19.2 Å². The highest BCUT2D eigenvalue weighted by molar-refractivity contribution is 7.21. The number of pyridine rings is 1. The number of carbonyl (C=O) groups is 1. The van der Waals surface area contributed by atoms with Gasteiger partial charge in [-0.2, -0.15) is 18.3 Å². The smallest absolute Gasteiger partial charge is 0.353 e. The van der Waals surface area contributed by atoms with Gasteiger partial charge in [0.2, 0.25) is 0 Å². The van der Waals surface area contributed by atoms with Crippen LogP contribution in [0.5, 0.6) is 0 Å². The van der Waals surface area contributed by atoms with Crippen LogP contribution in [0.2, 0.25) is 0 Å². The summed E-state index contributed by atoms with van der Waals surface area (Å²) in [7, 11) is 1.59. The number of hydrogen-bond donors (Lipinski definition) is 2. The van der Waals surface area contributed by atoms with Crippen molar-refractivity contribution in [3.05, 3.63) is 40.2 Å². The van der Waals surface area contributed by atoms with E-state index >= 15 is 0 Å². The first kappa shape index (κ1) is 24.8. The highest BCUT2D eigenvalue weighted by Gasteiger charge is 2.43. The van der Waals surface area contributed by atoms with Gasteiger partial charge in [0.25, 0.3) is 5.91 Å². The number of H-pyrrole nitrogens is 1. The van der Waals surface area contributed by atoms with Crippen LogP contribution in [0.1, 0.15) is 52.5 Å². The topological polar surface area (TPSA) is 78.3 Å². The molecule has 1 aliphatic heterocycles. The van der Waals surface area contributed by atoms with Crippen molar-refractivity contribution >= 4 is 33.1 Å². The number of thiophene rings is 1. The molecule has 1 amide bonds. The molecule has 4 aromatic heterocycles. The molecule has 7 nitrogen and oxygen atoms in total. The van der Waals surface area contributed by atoms with E-state index in [9.17, 15) is 18.0 Å². The van der Waals surface area contributed by atoms with Gasteiger partial charge in [0.1, 0.15) is 6.33 Å². The molecule has 36 heavy (non-hydrogen) atoms. The number of piperidine rings is 1. The third-order valence-corrected chi connectivity index (χ3v) is 8.50. The zero-order valence-electron chi connectivity index (χ0n) is 20.8. The maximum Gasteiger partial charge on any atom is 0.393 e. The monoisotopic (exact) mass is 518 g/mol. The molecule has 192 valence electrons. The van der Waals surface area contributed by atoms with Gasteiger partial charge in [-0.15, -0.1) is 11.3 Å². The van der Waals surface area contributed by atoms with Gasteiger partial charge in [-0.1, -0.05) is 13.8 Å². The fourth-order valence-corrected chi connectivity index (χ4v) is 6.42. The van der Waals surface area contributed by atoms with Gasteiger partial charge in [0, 0.05) is 37.9 Å². The summed E-state index contributed by atoms with van der Waals surface area (Å²) in [5.74, 6) is -1.53. The molecule has 0 aromatic carbocycles. The molecule has 0 bridgehead atoms. The second kappa shape index (κ2) is 8.88. The zero-order valence-corrected chi connectivity index (χ0v) is 21.6. The van der Waals surface area contributed by atoms with Gasteiger partial charge in [-0.3, -0.25) is 4.79 Å². The lowest BCUT2D eigenvalue weighted by atomic mass is 9.94. The zero-order chi connectivity index (χ0) is 25.9. The standard InChI is InChI=1S/C25H29F3N6OS/c1-12(2)20-21(17-10-34-23(30-11-31-34)14(4)13(17)3)32-18-7-19(36-22(18)20)24(35)33(5)16-6-15(8-29-9-16)25(26,27)28/h7,10-12,15-16,29,32H,6,8-9H2,1-5H3/t15-,16-/m0/s1. The van der Waals surface area contributed by atoms with E-state index in [1.54, 1.807) is 11.6 Å². The fraction of sp³-hybridized carbons (Fsp3) is 0.480. The van der Waals surface area contributed by atoms with Crippen LogP contribution in [0.15, 0.2) is 18.6 Å². The number of aromatic amines is 1. The lowest BCUT2D eigenvalue weighted by molar-refractivity contribution is -0.181. The maximum absolute atomic E-state index is 13.3. The van der Waals surface area contributed by atoms with Crippen molar-refractivity contribution in [3.8, 4) is 11.3 Å². The van der Waals surface area contributed by atoms with Gasteiger partial charge in [0.15, 0.2) is 5.65 Å². The minimum absolute atomic E-state index is 0.0905. The van der Waals surface area contributed by atoms with Crippen LogP contribution in [0.25, 0.3) is 27.1 Å². The minimum Gasteiger partial charge on any atom is -0.353 e. The third kappa shape index (κ3) is 4.07. The molecule has 0 radical (unpaired) electrons. The predicted molar refractivity (Wildman–Crippen MR) is 135 cm³/mol. The predicted octanol–water partition coefficient (Wildman–Crippen LogP) is 5.29. The van der Waals surface area contributed by atoms with Gasteiger partial charge in [-0.05, 0) is 48.9 Å². The average Bonchev–Trinajstić information content (AvgIpc) is 3.54. The van der Waals surface area contributed by atoms with E-state index < -0.39 is 18.1 Å². The van der Waals surface area contributed by atoms with E-state index in [4.69, 9.17) is 0 Å². The van der Waals surface area contributed by atoms with Crippen molar-refractivity contribution in [1.29, 1.82) is 0 Å². The van der Waals surface area contributed by atoms with Crippen molar-refractivity contribution in [2.24, 2.45) is 5.92 Å². The molecule has 5 heterocycles. The van der Waals surface area contributed by atoms with Gasteiger partial charge >= 0.3 is 6.18 Å². The highest BCUT2D eigenvalue weighted by atomic mass is 32.1. The number of fused-ring (bicyclic) bond motifs is 2. The Bertz CT molecular complexity index is 1450. The van der Waals surface area contributed by atoms with Gasteiger partial charge in [-0.25, -0.2) is 9.50 Å². The minimum atomic E-state index is -4.28. The van der Waals surface area contributed by atoms with Crippen LogP contribution in [-0.2, 0) is 0 Å². The Morgan fingerprint density at radius 3 is 2.69 bits per heavy atom. The van der Waals surface area contributed by atoms with E-state index in [2.05, 4.69) is 41.2 Å². The van der Waals surface area contributed by atoms with Crippen LogP contribution < -0.4 is 5.32 Å². The van der Waals surface area contributed by atoms with Crippen LogP contribution in [0.4, 0.5) is 13.2 Å². The van der Waals surface area contributed by atoms with Crippen molar-refractivity contribution in [2.75, 3.05) is 20.1 Å². The molecular formula is C25H29F3N6OS. The molecule has 2 atom stereocenters. The Hall–Kier alpha value is -2.92. The molecular weight excluding hydrogens is 489 g/mol. The SMILES string of the molecule is Cc1c(-c2[nH]c3cc(C(=O)N(C)[C@@H]4CNC[C@@H](C(F)(F)F)C4)sc3c2C(C)C)cn2ncnc2c1C. The Balaban J connectivity index is 1.50. The van der Waals surface area contributed by atoms with E-state index in [-0.39, 0.29) is 24.8 Å². The van der Waals surface area contributed by atoms with Crippen molar-refractivity contribution < 1.29 is 18.0 Å². The van der Waals surface area contributed by atoms with Crippen LogP contribution >= 0.6 is 11.3 Å². The van der Waals surface area contributed by atoms with Crippen molar-refractivity contribution in [1.82, 2.24) is 29.8 Å². The number of hydrogen-bond acceptors (Lipinski definition) is 5. The molecule has 11 heteroatoms. The summed E-state index contributed by atoms with van der Waals surface area (Å²) in [6, 6.07) is 1.31. The lowest BCUT2D eigenvalue weighted by Crippen LogP contribution is -2.52. The summed E-state index contributed by atoms with van der Waals surface area (Å²) in [4.78, 5) is 23.2. The summed E-state index contributed by atoms with van der Waals surface area (Å²) in [5, 5.41) is 7.16.